The molecule has 0 saturated heterocycles. The predicted molar refractivity (Wildman–Crippen MR) is 86.9 cm³/mol. The summed E-state index contributed by atoms with van der Waals surface area (Å²) < 4.78 is 5.64. The Kier molecular flexibility index (Phi) is 6.41. The highest BCUT2D eigenvalue weighted by Gasteiger charge is 2.02. The predicted octanol–water partition coefficient (Wildman–Crippen LogP) is 1.25. The van der Waals surface area contributed by atoms with Gasteiger partial charge in [0.2, 0.25) is 5.96 Å². The summed E-state index contributed by atoms with van der Waals surface area (Å²) in [6.45, 7) is 2.04. The molecule has 112 valence electrons. The molecule has 1 aromatic rings. The number of nitrogens with two attached hydrogens (primary N) is 3. The van der Waals surface area contributed by atoms with Crippen LogP contribution >= 0.6 is 15.9 Å². The average molecular weight is 354 g/mol. The fraction of sp³-hybridized carbons (Fsp3) is 0.154. The van der Waals surface area contributed by atoms with E-state index in [1.807, 2.05) is 0 Å². The second kappa shape index (κ2) is 8.05. The summed E-state index contributed by atoms with van der Waals surface area (Å²) in [5.41, 5.74) is 17.2. The Morgan fingerprint density at radius 1 is 1.38 bits per heavy atom. The second-order valence-electron chi connectivity index (χ2n) is 3.80. The standard InChI is InChI=1S/C13H16BrN5O2/c1-2-21-11(20)6-3-8-7-9(14)4-5-10(8)18-13(17)19-12(15)16/h3-7H,2H2,1H3,(H6,15,16,17,18,19). The highest BCUT2D eigenvalue weighted by atomic mass is 79.9. The van der Waals surface area contributed by atoms with Crippen molar-refractivity contribution in [1.29, 1.82) is 0 Å². The van der Waals surface area contributed by atoms with Crippen molar-refractivity contribution >= 4 is 45.6 Å². The third-order valence-corrected chi connectivity index (χ3v) is 2.65. The summed E-state index contributed by atoms with van der Waals surface area (Å²) in [6, 6.07) is 5.27. The van der Waals surface area contributed by atoms with Crippen molar-refractivity contribution < 1.29 is 9.53 Å². The van der Waals surface area contributed by atoms with Gasteiger partial charge in [0.05, 0.1) is 12.3 Å². The topological polar surface area (TPSA) is 129 Å². The monoisotopic (exact) mass is 353 g/mol. The van der Waals surface area contributed by atoms with Crippen molar-refractivity contribution in [2.75, 3.05) is 6.61 Å². The van der Waals surface area contributed by atoms with Gasteiger partial charge in [-0.15, -0.1) is 0 Å². The summed E-state index contributed by atoms with van der Waals surface area (Å²) >= 11 is 3.34. The first-order valence-corrected chi connectivity index (χ1v) is 6.80. The molecule has 0 atom stereocenters. The van der Waals surface area contributed by atoms with E-state index >= 15 is 0 Å². The number of aliphatic imine (C=N–C) groups is 2. The molecule has 8 heteroatoms. The second-order valence-corrected chi connectivity index (χ2v) is 4.71. The summed E-state index contributed by atoms with van der Waals surface area (Å²) in [5, 5.41) is 0. The lowest BCUT2D eigenvalue weighted by Crippen LogP contribution is -2.26. The summed E-state index contributed by atoms with van der Waals surface area (Å²) in [7, 11) is 0. The molecule has 0 aliphatic carbocycles. The molecule has 1 aromatic carbocycles. The number of hydrogen-bond acceptors (Lipinski definition) is 3. The van der Waals surface area contributed by atoms with Crippen molar-refractivity contribution in [1.82, 2.24) is 0 Å². The molecule has 6 N–H and O–H groups in total. The van der Waals surface area contributed by atoms with E-state index in [0.29, 0.717) is 17.9 Å². The van der Waals surface area contributed by atoms with Crippen molar-refractivity contribution in [3.8, 4) is 0 Å². The molecule has 0 spiro atoms. The fourth-order valence-corrected chi connectivity index (χ4v) is 1.77. The Morgan fingerprint density at radius 3 is 2.71 bits per heavy atom. The lowest BCUT2D eigenvalue weighted by Gasteiger charge is -2.03. The van der Waals surface area contributed by atoms with Gasteiger partial charge in [0.1, 0.15) is 0 Å². The van der Waals surface area contributed by atoms with E-state index in [4.69, 9.17) is 21.9 Å². The van der Waals surface area contributed by atoms with Crippen LogP contribution in [-0.2, 0) is 9.53 Å². The van der Waals surface area contributed by atoms with E-state index < -0.39 is 5.97 Å². The molecule has 1 rings (SSSR count). The first-order valence-electron chi connectivity index (χ1n) is 6.00. The Bertz CT molecular complexity index is 607. The Hall–Kier alpha value is -2.35. The number of nitrogens with zero attached hydrogens (tertiary/aromatic N) is 2. The average Bonchev–Trinajstić information content (AvgIpc) is 2.38. The van der Waals surface area contributed by atoms with Crippen LogP contribution in [0.25, 0.3) is 6.08 Å². The van der Waals surface area contributed by atoms with Crippen LogP contribution in [-0.4, -0.2) is 24.5 Å². The number of guanidine groups is 2. The van der Waals surface area contributed by atoms with Gasteiger partial charge in [0, 0.05) is 16.1 Å². The van der Waals surface area contributed by atoms with Gasteiger partial charge in [-0.3, -0.25) is 0 Å². The lowest BCUT2D eigenvalue weighted by molar-refractivity contribution is -0.137. The minimum atomic E-state index is -0.440. The zero-order chi connectivity index (χ0) is 15.8. The third-order valence-electron chi connectivity index (χ3n) is 2.15. The number of esters is 1. The van der Waals surface area contributed by atoms with Crippen molar-refractivity contribution in [3.63, 3.8) is 0 Å². The molecule has 0 aliphatic rings. The van der Waals surface area contributed by atoms with E-state index in [-0.39, 0.29) is 11.9 Å². The van der Waals surface area contributed by atoms with Crippen LogP contribution in [0.5, 0.6) is 0 Å². The lowest BCUT2D eigenvalue weighted by atomic mass is 10.1. The number of carbonyl (C=O) groups excluding carboxylic acids is 1. The van der Waals surface area contributed by atoms with Gasteiger partial charge in [0.25, 0.3) is 0 Å². The van der Waals surface area contributed by atoms with Gasteiger partial charge in [0.15, 0.2) is 5.96 Å². The maximum Gasteiger partial charge on any atom is 0.330 e. The molecule has 0 amide bonds. The molecule has 21 heavy (non-hydrogen) atoms. The van der Waals surface area contributed by atoms with Crippen LogP contribution in [0.1, 0.15) is 12.5 Å². The van der Waals surface area contributed by atoms with Gasteiger partial charge in [-0.25, -0.2) is 9.79 Å². The summed E-state index contributed by atoms with van der Waals surface area (Å²) in [5.74, 6) is -0.704. The molecule has 7 nitrogen and oxygen atoms in total. The van der Waals surface area contributed by atoms with E-state index in [1.54, 1.807) is 31.2 Å². The van der Waals surface area contributed by atoms with E-state index in [9.17, 15) is 4.79 Å². The zero-order valence-corrected chi connectivity index (χ0v) is 13.0. The smallest absolute Gasteiger partial charge is 0.330 e. The quantitative estimate of drug-likeness (QED) is 0.324. The number of halogens is 1. The SMILES string of the molecule is CCOC(=O)C=Cc1cc(Br)ccc1N=C(N)N=C(N)N. The van der Waals surface area contributed by atoms with Crippen LogP contribution in [0.3, 0.4) is 0 Å². The minimum Gasteiger partial charge on any atom is -0.463 e. The third kappa shape index (κ3) is 6.09. The molecule has 0 heterocycles. The number of benzene rings is 1. The van der Waals surface area contributed by atoms with Crippen molar-refractivity contribution in [2.45, 2.75) is 6.92 Å². The van der Waals surface area contributed by atoms with Crippen LogP contribution in [0.4, 0.5) is 5.69 Å². The Labute approximate surface area is 130 Å². The minimum absolute atomic E-state index is 0.0805. The molecule has 0 unspecified atom stereocenters. The largest absolute Gasteiger partial charge is 0.463 e. The first-order chi connectivity index (χ1) is 9.92. The maximum atomic E-state index is 11.3. The van der Waals surface area contributed by atoms with Crippen LogP contribution in [0, 0.1) is 0 Å². The highest BCUT2D eigenvalue weighted by molar-refractivity contribution is 9.10. The molecule has 0 bridgehead atoms. The molecule has 0 saturated carbocycles. The van der Waals surface area contributed by atoms with Crippen LogP contribution in [0.2, 0.25) is 0 Å². The van der Waals surface area contributed by atoms with Crippen molar-refractivity contribution in [2.24, 2.45) is 27.2 Å². The van der Waals surface area contributed by atoms with Crippen LogP contribution < -0.4 is 17.2 Å². The number of ether oxygens (including phenoxy) is 1. The highest BCUT2D eigenvalue weighted by Crippen LogP contribution is 2.25. The van der Waals surface area contributed by atoms with Gasteiger partial charge in [-0.05, 0) is 31.2 Å². The number of rotatable bonds is 4. The van der Waals surface area contributed by atoms with E-state index in [1.165, 1.54) is 6.08 Å². The van der Waals surface area contributed by atoms with E-state index in [2.05, 4.69) is 25.9 Å². The number of hydrogen-bond donors (Lipinski definition) is 3. The van der Waals surface area contributed by atoms with Gasteiger partial charge < -0.3 is 21.9 Å². The summed E-state index contributed by atoms with van der Waals surface area (Å²) in [4.78, 5) is 19.1. The normalized spacial score (nSPS) is 11.4. The zero-order valence-electron chi connectivity index (χ0n) is 11.4. The summed E-state index contributed by atoms with van der Waals surface area (Å²) in [6.07, 6.45) is 2.88. The van der Waals surface area contributed by atoms with Gasteiger partial charge in [-0.1, -0.05) is 15.9 Å². The number of carbonyl (C=O) groups is 1. The van der Waals surface area contributed by atoms with Crippen LogP contribution in [0.15, 0.2) is 38.7 Å². The van der Waals surface area contributed by atoms with Crippen molar-refractivity contribution in [3.05, 3.63) is 34.3 Å². The van der Waals surface area contributed by atoms with Gasteiger partial charge >= 0.3 is 5.97 Å². The molecule has 0 radical (unpaired) electrons. The van der Waals surface area contributed by atoms with Gasteiger partial charge in [-0.2, -0.15) is 4.99 Å². The Morgan fingerprint density at radius 2 is 2.10 bits per heavy atom. The molecule has 0 aromatic heterocycles. The first kappa shape index (κ1) is 16.7. The Balaban J connectivity index is 3.11. The molecule has 0 aliphatic heterocycles. The fourth-order valence-electron chi connectivity index (χ4n) is 1.39. The molecular weight excluding hydrogens is 338 g/mol. The molecule has 0 fully saturated rings. The van der Waals surface area contributed by atoms with E-state index in [0.717, 1.165) is 4.47 Å². The maximum absolute atomic E-state index is 11.3. The molecular formula is C13H16BrN5O2.